The summed E-state index contributed by atoms with van der Waals surface area (Å²) in [5.74, 6) is 0. The van der Waals surface area contributed by atoms with E-state index in [2.05, 4.69) is 11.2 Å². The molecule has 0 unspecified atom stereocenters. The smallest absolute Gasteiger partial charge is 0.0991 e. The van der Waals surface area contributed by atoms with Crippen molar-refractivity contribution < 1.29 is 0 Å². The standard InChI is InChI=1S/C12H11N3S/c1-9-7-12(15(2)14-9)16-11-5-3-10(8-13)4-6-11/h3-7H,1-2H3. The van der Waals surface area contributed by atoms with E-state index in [0.717, 1.165) is 15.6 Å². The highest BCUT2D eigenvalue weighted by atomic mass is 32.2. The fourth-order valence-electron chi connectivity index (χ4n) is 1.40. The minimum absolute atomic E-state index is 0.686. The molecule has 1 heterocycles. The number of nitrogens with zero attached hydrogens (tertiary/aromatic N) is 3. The molecule has 4 heteroatoms. The molecule has 0 aliphatic heterocycles. The van der Waals surface area contributed by atoms with Crippen molar-refractivity contribution in [1.82, 2.24) is 9.78 Å². The lowest BCUT2D eigenvalue weighted by atomic mass is 10.2. The average Bonchev–Trinajstić information content (AvgIpc) is 2.59. The number of benzene rings is 1. The average molecular weight is 229 g/mol. The maximum atomic E-state index is 8.69. The Bertz CT molecular complexity index is 534. The van der Waals surface area contributed by atoms with E-state index in [1.165, 1.54) is 0 Å². The van der Waals surface area contributed by atoms with Crippen molar-refractivity contribution in [2.45, 2.75) is 16.8 Å². The van der Waals surface area contributed by atoms with Crippen molar-refractivity contribution in [2.24, 2.45) is 7.05 Å². The Balaban J connectivity index is 2.21. The quantitative estimate of drug-likeness (QED) is 0.795. The summed E-state index contributed by atoms with van der Waals surface area (Å²) >= 11 is 1.65. The van der Waals surface area contributed by atoms with Gasteiger partial charge in [-0.15, -0.1) is 0 Å². The highest BCUT2D eigenvalue weighted by Crippen LogP contribution is 2.27. The highest BCUT2D eigenvalue weighted by molar-refractivity contribution is 7.99. The minimum atomic E-state index is 0.686. The molecule has 0 radical (unpaired) electrons. The van der Waals surface area contributed by atoms with Gasteiger partial charge in [0.2, 0.25) is 0 Å². The number of aryl methyl sites for hydroxylation is 2. The SMILES string of the molecule is Cc1cc(Sc2ccc(C#N)cc2)n(C)n1. The third kappa shape index (κ3) is 2.26. The summed E-state index contributed by atoms with van der Waals surface area (Å²) in [6.45, 7) is 1.98. The van der Waals surface area contributed by atoms with Crippen LogP contribution in [0.25, 0.3) is 0 Å². The molecule has 0 bridgehead atoms. The van der Waals surface area contributed by atoms with Crippen LogP contribution in [0.15, 0.2) is 40.3 Å². The van der Waals surface area contributed by atoms with Crippen LogP contribution in [0.2, 0.25) is 0 Å². The molecule has 0 amide bonds. The van der Waals surface area contributed by atoms with Gasteiger partial charge in [0.05, 0.1) is 22.4 Å². The van der Waals surface area contributed by atoms with Crippen LogP contribution in [0, 0.1) is 18.3 Å². The monoisotopic (exact) mass is 229 g/mol. The van der Waals surface area contributed by atoms with E-state index in [4.69, 9.17) is 5.26 Å². The summed E-state index contributed by atoms with van der Waals surface area (Å²) in [4.78, 5) is 1.11. The molecule has 0 N–H and O–H groups in total. The van der Waals surface area contributed by atoms with Gasteiger partial charge in [0.1, 0.15) is 0 Å². The van der Waals surface area contributed by atoms with E-state index in [1.807, 2.05) is 49.0 Å². The molecule has 0 aliphatic carbocycles. The third-order valence-corrected chi connectivity index (χ3v) is 3.26. The van der Waals surface area contributed by atoms with Crippen molar-refractivity contribution in [3.8, 4) is 6.07 Å². The van der Waals surface area contributed by atoms with E-state index >= 15 is 0 Å². The van der Waals surface area contributed by atoms with Crippen LogP contribution in [0.1, 0.15) is 11.3 Å². The maximum Gasteiger partial charge on any atom is 0.0991 e. The first-order valence-electron chi connectivity index (χ1n) is 4.87. The molecular weight excluding hydrogens is 218 g/mol. The van der Waals surface area contributed by atoms with E-state index in [1.54, 1.807) is 11.8 Å². The molecule has 1 aromatic carbocycles. The molecule has 3 nitrogen and oxygen atoms in total. The second-order valence-corrected chi connectivity index (χ2v) is 4.58. The summed E-state index contributed by atoms with van der Waals surface area (Å²) in [5.41, 5.74) is 1.70. The van der Waals surface area contributed by atoms with Gasteiger partial charge in [0.15, 0.2) is 0 Å². The van der Waals surface area contributed by atoms with Gasteiger partial charge >= 0.3 is 0 Å². The Labute approximate surface area is 98.7 Å². The zero-order valence-electron chi connectivity index (χ0n) is 9.14. The van der Waals surface area contributed by atoms with Gasteiger partial charge < -0.3 is 0 Å². The highest BCUT2D eigenvalue weighted by Gasteiger charge is 2.03. The third-order valence-electron chi connectivity index (χ3n) is 2.16. The van der Waals surface area contributed by atoms with E-state index in [-0.39, 0.29) is 0 Å². The molecule has 0 atom stereocenters. The predicted octanol–water partition coefficient (Wildman–Crippen LogP) is 2.75. The summed E-state index contributed by atoms with van der Waals surface area (Å²) < 4.78 is 1.86. The Morgan fingerprint density at radius 1 is 1.31 bits per heavy atom. The Hall–Kier alpha value is -1.73. The van der Waals surface area contributed by atoms with Gasteiger partial charge in [-0.3, -0.25) is 4.68 Å². The van der Waals surface area contributed by atoms with Crippen molar-refractivity contribution in [3.05, 3.63) is 41.6 Å². The second kappa shape index (κ2) is 4.42. The fraction of sp³-hybridized carbons (Fsp3) is 0.167. The van der Waals surface area contributed by atoms with E-state index in [0.29, 0.717) is 5.56 Å². The largest absolute Gasteiger partial charge is 0.262 e. The number of hydrogen-bond donors (Lipinski definition) is 0. The maximum absolute atomic E-state index is 8.69. The molecule has 2 rings (SSSR count). The van der Waals surface area contributed by atoms with Crippen LogP contribution in [-0.2, 0) is 7.05 Å². The number of hydrogen-bond acceptors (Lipinski definition) is 3. The van der Waals surface area contributed by atoms with Crippen molar-refractivity contribution in [3.63, 3.8) is 0 Å². The van der Waals surface area contributed by atoms with Crippen LogP contribution in [0.3, 0.4) is 0 Å². The molecule has 0 spiro atoms. The Morgan fingerprint density at radius 2 is 2.00 bits per heavy atom. The van der Waals surface area contributed by atoms with Gasteiger partial charge in [-0.25, -0.2) is 0 Å². The molecule has 0 fully saturated rings. The van der Waals surface area contributed by atoms with Crippen LogP contribution in [0.5, 0.6) is 0 Å². The van der Waals surface area contributed by atoms with Crippen LogP contribution < -0.4 is 0 Å². The van der Waals surface area contributed by atoms with Gasteiger partial charge in [-0.1, -0.05) is 11.8 Å². The van der Waals surface area contributed by atoms with E-state index in [9.17, 15) is 0 Å². The fourth-order valence-corrected chi connectivity index (χ4v) is 2.32. The zero-order valence-corrected chi connectivity index (χ0v) is 9.95. The summed E-state index contributed by atoms with van der Waals surface area (Å²) in [6.07, 6.45) is 0. The summed E-state index contributed by atoms with van der Waals surface area (Å²) in [6, 6.07) is 11.7. The predicted molar refractivity (Wildman–Crippen MR) is 63.2 cm³/mol. The van der Waals surface area contributed by atoms with Crippen molar-refractivity contribution >= 4 is 11.8 Å². The molecule has 0 saturated carbocycles. The number of nitriles is 1. The zero-order chi connectivity index (χ0) is 11.5. The molecule has 2 aromatic rings. The van der Waals surface area contributed by atoms with Crippen molar-refractivity contribution in [1.29, 1.82) is 5.26 Å². The van der Waals surface area contributed by atoms with Gasteiger partial charge in [-0.2, -0.15) is 10.4 Å². The minimum Gasteiger partial charge on any atom is -0.262 e. The van der Waals surface area contributed by atoms with Gasteiger partial charge in [0, 0.05) is 11.9 Å². The topological polar surface area (TPSA) is 41.6 Å². The van der Waals surface area contributed by atoms with Crippen LogP contribution >= 0.6 is 11.8 Å². The van der Waals surface area contributed by atoms with Crippen molar-refractivity contribution in [2.75, 3.05) is 0 Å². The molecule has 0 saturated heterocycles. The molecule has 16 heavy (non-hydrogen) atoms. The van der Waals surface area contributed by atoms with E-state index < -0.39 is 0 Å². The van der Waals surface area contributed by atoms with Crippen LogP contribution in [0.4, 0.5) is 0 Å². The Kier molecular flexibility index (Phi) is 2.97. The summed E-state index contributed by atoms with van der Waals surface area (Å²) in [7, 11) is 1.93. The lowest BCUT2D eigenvalue weighted by Crippen LogP contribution is -1.91. The molecule has 80 valence electrons. The first-order chi connectivity index (χ1) is 7.69. The van der Waals surface area contributed by atoms with Gasteiger partial charge in [0.25, 0.3) is 0 Å². The normalized spacial score (nSPS) is 10.1. The molecule has 0 aliphatic rings. The lowest BCUT2D eigenvalue weighted by molar-refractivity contribution is 0.692. The first-order valence-corrected chi connectivity index (χ1v) is 5.69. The first kappa shape index (κ1) is 10.8. The lowest BCUT2D eigenvalue weighted by Gasteiger charge is -2.01. The summed E-state index contributed by atoms with van der Waals surface area (Å²) in [5, 5.41) is 14.1. The second-order valence-electron chi connectivity index (χ2n) is 3.49. The molecular formula is C12H11N3S. The number of aromatic nitrogens is 2. The number of rotatable bonds is 2. The van der Waals surface area contributed by atoms with Crippen LogP contribution in [-0.4, -0.2) is 9.78 Å². The Morgan fingerprint density at radius 3 is 2.50 bits per heavy atom. The van der Waals surface area contributed by atoms with Gasteiger partial charge in [-0.05, 0) is 37.3 Å². The molecule has 1 aromatic heterocycles.